The number of nitrogen functional groups attached to an aromatic ring is 1. The summed E-state index contributed by atoms with van der Waals surface area (Å²) in [5.74, 6) is 0.218. The predicted molar refractivity (Wildman–Crippen MR) is 112 cm³/mol. The first-order chi connectivity index (χ1) is 14.2. The van der Waals surface area contributed by atoms with Crippen molar-refractivity contribution in [2.24, 2.45) is 0 Å². The van der Waals surface area contributed by atoms with E-state index in [0.717, 1.165) is 23.4 Å². The summed E-state index contributed by atoms with van der Waals surface area (Å²) in [6.45, 7) is 0. The zero-order valence-corrected chi connectivity index (χ0v) is 16.3. The van der Waals surface area contributed by atoms with Crippen molar-refractivity contribution in [3.8, 4) is 22.4 Å². The zero-order chi connectivity index (χ0) is 21.5. The summed E-state index contributed by atoms with van der Waals surface area (Å²) in [5, 5.41) is 0.485. The summed E-state index contributed by atoms with van der Waals surface area (Å²) in [5.41, 5.74) is 8.79. The van der Waals surface area contributed by atoms with E-state index in [-0.39, 0.29) is 5.82 Å². The Kier molecular flexibility index (Phi) is 4.77. The molecule has 0 fully saturated rings. The van der Waals surface area contributed by atoms with Crippen molar-refractivity contribution in [3.63, 3.8) is 0 Å². The van der Waals surface area contributed by atoms with Crippen LogP contribution >= 0.6 is 0 Å². The Morgan fingerprint density at radius 1 is 0.900 bits per heavy atom. The first-order valence-corrected chi connectivity index (χ1v) is 9.10. The van der Waals surface area contributed by atoms with E-state index in [2.05, 4.69) is 15.0 Å². The fourth-order valence-corrected chi connectivity index (χ4v) is 3.23. The van der Waals surface area contributed by atoms with Crippen LogP contribution in [0.15, 0.2) is 60.9 Å². The van der Waals surface area contributed by atoms with E-state index < -0.39 is 11.7 Å². The van der Waals surface area contributed by atoms with Crippen LogP contribution in [0.1, 0.15) is 5.56 Å². The van der Waals surface area contributed by atoms with Crippen LogP contribution in [0.5, 0.6) is 0 Å². The van der Waals surface area contributed by atoms with Gasteiger partial charge in [-0.05, 0) is 35.9 Å². The summed E-state index contributed by atoms with van der Waals surface area (Å²) < 4.78 is 39.9. The van der Waals surface area contributed by atoms with Crippen molar-refractivity contribution < 1.29 is 13.2 Å². The number of nitrogens with two attached hydrogens (primary N) is 1. The largest absolute Gasteiger partial charge is 0.416 e. The van der Waals surface area contributed by atoms with Gasteiger partial charge in [-0.15, -0.1) is 0 Å². The molecule has 30 heavy (non-hydrogen) atoms. The molecular formula is C22H18F3N5. The zero-order valence-electron chi connectivity index (χ0n) is 16.3. The smallest absolute Gasteiger partial charge is 0.383 e. The molecule has 0 amide bonds. The highest BCUT2D eigenvalue weighted by Crippen LogP contribution is 2.37. The second-order valence-electron chi connectivity index (χ2n) is 7.03. The van der Waals surface area contributed by atoms with Crippen molar-refractivity contribution >= 4 is 22.5 Å². The minimum absolute atomic E-state index is 0.218. The van der Waals surface area contributed by atoms with Crippen molar-refractivity contribution in [1.29, 1.82) is 0 Å². The highest BCUT2D eigenvalue weighted by molar-refractivity contribution is 5.94. The number of nitrogens with zero attached hydrogens (tertiary/aromatic N) is 4. The molecule has 0 aliphatic rings. The Bertz CT molecular complexity index is 1220. The molecule has 4 rings (SSSR count). The number of aromatic nitrogens is 3. The van der Waals surface area contributed by atoms with Crippen LogP contribution < -0.4 is 10.6 Å². The Morgan fingerprint density at radius 3 is 2.30 bits per heavy atom. The maximum atomic E-state index is 13.3. The van der Waals surface area contributed by atoms with Crippen LogP contribution in [0.3, 0.4) is 0 Å². The minimum Gasteiger partial charge on any atom is -0.383 e. The highest BCUT2D eigenvalue weighted by Gasteiger charge is 2.30. The van der Waals surface area contributed by atoms with Gasteiger partial charge in [0.2, 0.25) is 0 Å². The molecule has 2 aromatic heterocycles. The van der Waals surface area contributed by atoms with Crippen LogP contribution in [0.4, 0.5) is 24.7 Å². The van der Waals surface area contributed by atoms with E-state index in [4.69, 9.17) is 5.73 Å². The van der Waals surface area contributed by atoms with Gasteiger partial charge in [0.25, 0.3) is 0 Å². The van der Waals surface area contributed by atoms with Crippen LogP contribution in [-0.2, 0) is 6.18 Å². The number of fused-ring (bicyclic) bond motifs is 1. The van der Waals surface area contributed by atoms with Crippen molar-refractivity contribution in [2.45, 2.75) is 6.18 Å². The number of halogens is 3. The molecule has 8 heteroatoms. The molecule has 0 unspecified atom stereocenters. The molecule has 0 saturated heterocycles. The fraction of sp³-hybridized carbons (Fsp3) is 0.136. The quantitative estimate of drug-likeness (QED) is 0.514. The number of pyridine rings is 1. The molecule has 2 aromatic carbocycles. The number of rotatable bonds is 3. The van der Waals surface area contributed by atoms with Gasteiger partial charge >= 0.3 is 6.18 Å². The third kappa shape index (κ3) is 3.63. The first-order valence-electron chi connectivity index (χ1n) is 9.10. The van der Waals surface area contributed by atoms with Gasteiger partial charge in [0.15, 0.2) is 5.65 Å². The minimum atomic E-state index is -4.45. The second-order valence-corrected chi connectivity index (χ2v) is 7.03. The average Bonchev–Trinajstić information content (AvgIpc) is 2.73. The predicted octanol–water partition coefficient (Wildman–Crippen LogP) is 5.03. The number of anilines is 2. The second kappa shape index (κ2) is 7.29. The summed E-state index contributed by atoms with van der Waals surface area (Å²) in [6, 6.07) is 14.5. The lowest BCUT2D eigenvalue weighted by molar-refractivity contribution is -0.137. The maximum absolute atomic E-state index is 13.3. The highest BCUT2D eigenvalue weighted by atomic mass is 19.4. The normalized spacial score (nSPS) is 11.6. The molecule has 0 aliphatic heterocycles. The molecule has 0 atom stereocenters. The van der Waals surface area contributed by atoms with Gasteiger partial charge in [-0.2, -0.15) is 13.2 Å². The van der Waals surface area contributed by atoms with Gasteiger partial charge < -0.3 is 10.6 Å². The summed E-state index contributed by atoms with van der Waals surface area (Å²) in [6.07, 6.45) is -3.14. The van der Waals surface area contributed by atoms with Gasteiger partial charge in [0.1, 0.15) is 12.1 Å². The maximum Gasteiger partial charge on any atom is 0.416 e. The SMILES string of the molecule is CN(C)c1ccc(-c2nc3ncnc(N)c3cc2-c2cccc(C(F)(F)F)c2)cc1. The molecule has 0 aliphatic carbocycles. The first kappa shape index (κ1) is 19.6. The summed E-state index contributed by atoms with van der Waals surface area (Å²) >= 11 is 0. The summed E-state index contributed by atoms with van der Waals surface area (Å²) in [7, 11) is 3.86. The number of hydrogen-bond donors (Lipinski definition) is 1. The van der Waals surface area contributed by atoms with E-state index in [1.165, 1.54) is 12.4 Å². The Morgan fingerprint density at radius 2 is 1.63 bits per heavy atom. The molecule has 0 spiro atoms. The fourth-order valence-electron chi connectivity index (χ4n) is 3.23. The number of benzene rings is 2. The topological polar surface area (TPSA) is 67.9 Å². The van der Waals surface area contributed by atoms with Gasteiger partial charge in [-0.1, -0.05) is 24.3 Å². The molecule has 152 valence electrons. The van der Waals surface area contributed by atoms with Crippen molar-refractivity contribution in [3.05, 3.63) is 66.5 Å². The number of alkyl halides is 3. The van der Waals surface area contributed by atoms with E-state index in [1.807, 2.05) is 43.3 Å². The van der Waals surface area contributed by atoms with E-state index in [9.17, 15) is 13.2 Å². The third-order valence-corrected chi connectivity index (χ3v) is 4.81. The van der Waals surface area contributed by atoms with Gasteiger partial charge in [-0.25, -0.2) is 15.0 Å². The molecule has 2 N–H and O–H groups in total. The molecule has 0 radical (unpaired) electrons. The van der Waals surface area contributed by atoms with Crippen LogP contribution in [0.25, 0.3) is 33.4 Å². The molecular weight excluding hydrogens is 391 g/mol. The average molecular weight is 409 g/mol. The van der Waals surface area contributed by atoms with Crippen LogP contribution in [0.2, 0.25) is 0 Å². The molecule has 5 nitrogen and oxygen atoms in total. The molecule has 4 aromatic rings. The number of hydrogen-bond acceptors (Lipinski definition) is 5. The Balaban J connectivity index is 1.97. The lowest BCUT2D eigenvalue weighted by Crippen LogP contribution is -2.08. The Labute approximate surface area is 171 Å². The lowest BCUT2D eigenvalue weighted by Gasteiger charge is -2.15. The molecule has 2 heterocycles. The third-order valence-electron chi connectivity index (χ3n) is 4.81. The molecule has 0 saturated carbocycles. The van der Waals surface area contributed by atoms with E-state index >= 15 is 0 Å². The Hall–Kier alpha value is -3.68. The van der Waals surface area contributed by atoms with Gasteiger partial charge in [0, 0.05) is 30.9 Å². The molecule has 0 bridgehead atoms. The summed E-state index contributed by atoms with van der Waals surface area (Å²) in [4.78, 5) is 14.7. The van der Waals surface area contributed by atoms with E-state index in [0.29, 0.717) is 27.9 Å². The van der Waals surface area contributed by atoms with Crippen LogP contribution in [0, 0.1) is 0 Å². The lowest BCUT2D eigenvalue weighted by atomic mass is 9.96. The standard InChI is InChI=1S/C22H18F3N5/c1-30(2)16-8-6-13(7-9-16)19-17(11-18-20(26)27-12-28-21(18)29-19)14-4-3-5-15(10-14)22(23,24)25/h3-12H,1-2H3,(H2,26,27,28,29). The van der Waals surface area contributed by atoms with Crippen LogP contribution in [-0.4, -0.2) is 29.0 Å². The van der Waals surface area contributed by atoms with Crippen molar-refractivity contribution in [1.82, 2.24) is 15.0 Å². The van der Waals surface area contributed by atoms with Crippen molar-refractivity contribution in [2.75, 3.05) is 24.7 Å². The monoisotopic (exact) mass is 409 g/mol. The van der Waals surface area contributed by atoms with Gasteiger partial charge in [0.05, 0.1) is 16.6 Å². The van der Waals surface area contributed by atoms with Gasteiger partial charge in [-0.3, -0.25) is 0 Å². The van der Waals surface area contributed by atoms with E-state index in [1.54, 1.807) is 12.1 Å².